The fourth-order valence-electron chi connectivity index (χ4n) is 2.22. The molecule has 1 aromatic heterocycles. The van der Waals surface area contributed by atoms with Crippen molar-refractivity contribution in [2.45, 2.75) is 13.5 Å². The average Bonchev–Trinajstić information content (AvgIpc) is 2.48. The second-order valence-corrected chi connectivity index (χ2v) is 5.34. The predicted molar refractivity (Wildman–Crippen MR) is 86.7 cm³/mol. The Morgan fingerprint density at radius 3 is 2.86 bits per heavy atom. The molecule has 3 aromatic rings. The highest BCUT2D eigenvalue weighted by atomic mass is 35.5. The Morgan fingerprint density at radius 1 is 1.19 bits per heavy atom. The van der Waals surface area contributed by atoms with E-state index in [-0.39, 0.29) is 0 Å². The highest BCUT2D eigenvalue weighted by Gasteiger charge is 2.07. The van der Waals surface area contributed by atoms with Crippen molar-refractivity contribution in [1.82, 2.24) is 4.98 Å². The van der Waals surface area contributed by atoms with Gasteiger partial charge in [-0.2, -0.15) is 0 Å². The smallest absolute Gasteiger partial charge is 0.129 e. The molecular formula is C17H15ClN2O. The minimum Gasteiger partial charge on any atom is -0.488 e. The maximum atomic E-state index is 6.23. The van der Waals surface area contributed by atoms with Crippen LogP contribution in [0.25, 0.3) is 10.9 Å². The van der Waals surface area contributed by atoms with Gasteiger partial charge in [-0.15, -0.1) is 0 Å². The van der Waals surface area contributed by atoms with E-state index in [1.807, 2.05) is 43.3 Å². The van der Waals surface area contributed by atoms with Crippen LogP contribution < -0.4 is 10.5 Å². The molecular weight excluding hydrogens is 284 g/mol. The Labute approximate surface area is 128 Å². The highest BCUT2D eigenvalue weighted by molar-refractivity contribution is 6.31. The summed E-state index contributed by atoms with van der Waals surface area (Å²) in [6.45, 7) is 2.42. The SMILES string of the molecule is Cc1ccc(COc2ccc(N)c3ncccc23)c(Cl)c1. The minimum absolute atomic E-state index is 0.410. The van der Waals surface area contributed by atoms with Gasteiger partial charge in [-0.3, -0.25) is 4.98 Å². The van der Waals surface area contributed by atoms with Crippen molar-refractivity contribution in [2.24, 2.45) is 0 Å². The number of rotatable bonds is 3. The summed E-state index contributed by atoms with van der Waals surface area (Å²) in [6, 6.07) is 13.4. The normalized spacial score (nSPS) is 10.8. The summed E-state index contributed by atoms with van der Waals surface area (Å²) >= 11 is 6.23. The number of anilines is 1. The van der Waals surface area contributed by atoms with Crippen LogP contribution in [0.5, 0.6) is 5.75 Å². The van der Waals surface area contributed by atoms with E-state index >= 15 is 0 Å². The van der Waals surface area contributed by atoms with Crippen LogP contribution >= 0.6 is 11.6 Å². The molecule has 4 heteroatoms. The van der Waals surface area contributed by atoms with Gasteiger partial charge in [-0.1, -0.05) is 23.7 Å². The second-order valence-electron chi connectivity index (χ2n) is 4.94. The summed E-state index contributed by atoms with van der Waals surface area (Å²) in [7, 11) is 0. The van der Waals surface area contributed by atoms with E-state index in [0.29, 0.717) is 17.3 Å². The van der Waals surface area contributed by atoms with E-state index in [9.17, 15) is 0 Å². The van der Waals surface area contributed by atoms with Gasteiger partial charge in [-0.25, -0.2) is 0 Å². The monoisotopic (exact) mass is 298 g/mol. The molecule has 0 atom stereocenters. The molecule has 2 aromatic carbocycles. The summed E-state index contributed by atoms with van der Waals surface area (Å²) in [4.78, 5) is 4.29. The average molecular weight is 299 g/mol. The number of nitrogen functional groups attached to an aromatic ring is 1. The number of hydrogen-bond acceptors (Lipinski definition) is 3. The highest BCUT2D eigenvalue weighted by Crippen LogP contribution is 2.29. The number of nitrogens with zero attached hydrogens (tertiary/aromatic N) is 1. The molecule has 0 bridgehead atoms. The van der Waals surface area contributed by atoms with Crippen LogP contribution in [0, 0.1) is 6.92 Å². The molecule has 1 heterocycles. The van der Waals surface area contributed by atoms with Crippen molar-refractivity contribution in [2.75, 3.05) is 5.73 Å². The zero-order valence-electron chi connectivity index (χ0n) is 11.6. The van der Waals surface area contributed by atoms with E-state index in [1.165, 1.54) is 0 Å². The Hall–Kier alpha value is -2.26. The molecule has 0 saturated carbocycles. The zero-order chi connectivity index (χ0) is 14.8. The lowest BCUT2D eigenvalue weighted by Crippen LogP contribution is -1.98. The molecule has 0 unspecified atom stereocenters. The van der Waals surface area contributed by atoms with Crippen molar-refractivity contribution in [3.8, 4) is 5.75 Å². The van der Waals surface area contributed by atoms with E-state index in [2.05, 4.69) is 4.98 Å². The van der Waals surface area contributed by atoms with Crippen molar-refractivity contribution < 1.29 is 4.74 Å². The van der Waals surface area contributed by atoms with Crippen LogP contribution in [0.2, 0.25) is 5.02 Å². The maximum absolute atomic E-state index is 6.23. The quantitative estimate of drug-likeness (QED) is 0.731. The zero-order valence-corrected chi connectivity index (χ0v) is 12.4. The van der Waals surface area contributed by atoms with Crippen LogP contribution in [0.3, 0.4) is 0 Å². The summed E-state index contributed by atoms with van der Waals surface area (Å²) in [5.41, 5.74) is 9.42. The lowest BCUT2D eigenvalue weighted by atomic mass is 10.1. The standard InChI is InChI=1S/C17H15ClN2O/c1-11-4-5-12(14(18)9-11)10-21-16-7-6-15(19)17-13(16)3-2-8-20-17/h2-9H,10,19H2,1H3. The molecule has 0 aliphatic carbocycles. The largest absolute Gasteiger partial charge is 0.488 e. The molecule has 2 N–H and O–H groups in total. The lowest BCUT2D eigenvalue weighted by Gasteiger charge is -2.11. The van der Waals surface area contributed by atoms with E-state index in [0.717, 1.165) is 27.8 Å². The predicted octanol–water partition coefficient (Wildman–Crippen LogP) is 4.36. The summed E-state index contributed by atoms with van der Waals surface area (Å²) < 4.78 is 5.90. The van der Waals surface area contributed by atoms with Crippen molar-refractivity contribution in [3.63, 3.8) is 0 Å². The van der Waals surface area contributed by atoms with Gasteiger partial charge in [0, 0.05) is 22.2 Å². The summed E-state index contributed by atoms with van der Waals surface area (Å²) in [5, 5.41) is 1.62. The van der Waals surface area contributed by atoms with Gasteiger partial charge < -0.3 is 10.5 Å². The molecule has 3 nitrogen and oxygen atoms in total. The number of benzene rings is 2. The summed E-state index contributed by atoms with van der Waals surface area (Å²) in [5.74, 6) is 0.754. The van der Waals surface area contributed by atoms with Gasteiger partial charge in [0.25, 0.3) is 0 Å². The fourth-order valence-corrected chi connectivity index (χ4v) is 2.51. The van der Waals surface area contributed by atoms with Gasteiger partial charge >= 0.3 is 0 Å². The molecule has 0 aliphatic heterocycles. The first-order chi connectivity index (χ1) is 10.1. The van der Waals surface area contributed by atoms with E-state index in [1.54, 1.807) is 12.3 Å². The first kappa shape index (κ1) is 13.7. The number of ether oxygens (including phenoxy) is 1. The molecule has 0 spiro atoms. The Balaban J connectivity index is 1.90. The van der Waals surface area contributed by atoms with Crippen LogP contribution in [-0.2, 0) is 6.61 Å². The number of nitrogens with two attached hydrogens (primary N) is 1. The van der Waals surface area contributed by atoms with Crippen LogP contribution in [-0.4, -0.2) is 4.98 Å². The molecule has 0 fully saturated rings. The van der Waals surface area contributed by atoms with Gasteiger partial charge in [-0.05, 0) is 42.8 Å². The third-order valence-corrected chi connectivity index (χ3v) is 3.70. The molecule has 0 saturated heterocycles. The molecule has 106 valence electrons. The number of halogens is 1. The van der Waals surface area contributed by atoms with Crippen molar-refractivity contribution in [1.29, 1.82) is 0 Å². The van der Waals surface area contributed by atoms with Gasteiger partial charge in [0.15, 0.2) is 0 Å². The van der Waals surface area contributed by atoms with Gasteiger partial charge in [0.05, 0.1) is 11.2 Å². The topological polar surface area (TPSA) is 48.1 Å². The van der Waals surface area contributed by atoms with Crippen LogP contribution in [0.4, 0.5) is 5.69 Å². The molecule has 21 heavy (non-hydrogen) atoms. The Morgan fingerprint density at radius 2 is 2.05 bits per heavy atom. The first-order valence-corrected chi connectivity index (χ1v) is 7.04. The Bertz CT molecular complexity index is 802. The summed E-state index contributed by atoms with van der Waals surface area (Å²) in [6.07, 6.45) is 1.72. The molecule has 0 radical (unpaired) electrons. The van der Waals surface area contributed by atoms with Gasteiger partial charge in [0.2, 0.25) is 0 Å². The molecule has 0 amide bonds. The first-order valence-electron chi connectivity index (χ1n) is 6.66. The van der Waals surface area contributed by atoms with E-state index in [4.69, 9.17) is 22.1 Å². The van der Waals surface area contributed by atoms with Crippen LogP contribution in [0.15, 0.2) is 48.7 Å². The van der Waals surface area contributed by atoms with Crippen molar-refractivity contribution >= 4 is 28.2 Å². The third-order valence-electron chi connectivity index (χ3n) is 3.35. The lowest BCUT2D eigenvalue weighted by molar-refractivity contribution is 0.310. The second kappa shape index (κ2) is 5.62. The van der Waals surface area contributed by atoms with Crippen molar-refractivity contribution in [3.05, 3.63) is 64.8 Å². The van der Waals surface area contributed by atoms with Crippen LogP contribution in [0.1, 0.15) is 11.1 Å². The third kappa shape index (κ3) is 2.78. The number of hydrogen-bond donors (Lipinski definition) is 1. The van der Waals surface area contributed by atoms with E-state index < -0.39 is 0 Å². The molecule has 3 rings (SSSR count). The molecule has 0 aliphatic rings. The Kier molecular flexibility index (Phi) is 3.67. The number of pyridine rings is 1. The minimum atomic E-state index is 0.410. The van der Waals surface area contributed by atoms with Gasteiger partial charge in [0.1, 0.15) is 12.4 Å². The number of aryl methyl sites for hydroxylation is 1. The maximum Gasteiger partial charge on any atom is 0.129 e. The fraction of sp³-hybridized carbons (Fsp3) is 0.118. The number of aromatic nitrogens is 1. The number of fused-ring (bicyclic) bond motifs is 1.